The molecule has 0 unspecified atom stereocenters. The zero-order valence-electron chi connectivity index (χ0n) is 10.5. The number of rotatable bonds is 4. The van der Waals surface area contributed by atoms with Gasteiger partial charge in [-0.25, -0.2) is 22.3 Å². The third-order valence-electron chi connectivity index (χ3n) is 2.61. The number of nitrogens with two attached hydrogens (primary N) is 1. The molecule has 2 rings (SSSR count). The first-order valence-corrected chi connectivity index (χ1v) is 7.59. The van der Waals surface area contributed by atoms with Crippen LogP contribution in [0.15, 0.2) is 41.3 Å². The van der Waals surface area contributed by atoms with Crippen molar-refractivity contribution >= 4 is 21.6 Å². The number of sulfonamides is 1. The van der Waals surface area contributed by atoms with Crippen molar-refractivity contribution in [3.8, 4) is 5.75 Å². The minimum atomic E-state index is -4.14. The first-order valence-electron chi connectivity index (χ1n) is 5.66. The van der Waals surface area contributed by atoms with E-state index in [1.165, 1.54) is 12.1 Å². The Hall–Kier alpha value is -1.70. The fraction of sp³-hybridized carbons (Fsp3) is 0.0769. The maximum absolute atomic E-state index is 13.1. The Balaban J connectivity index is 2.28. The molecule has 8 heteroatoms. The van der Waals surface area contributed by atoms with E-state index in [0.29, 0.717) is 5.56 Å². The maximum atomic E-state index is 13.1. The zero-order valence-corrected chi connectivity index (χ0v) is 12.1. The van der Waals surface area contributed by atoms with Gasteiger partial charge in [0, 0.05) is 5.56 Å². The van der Waals surface area contributed by atoms with Gasteiger partial charge in [-0.1, -0.05) is 17.7 Å². The van der Waals surface area contributed by atoms with Gasteiger partial charge >= 0.3 is 0 Å². The summed E-state index contributed by atoms with van der Waals surface area (Å²) in [5.74, 6) is -1.37. The lowest BCUT2D eigenvalue weighted by molar-refractivity contribution is 0.297. The molecule has 0 fully saturated rings. The van der Waals surface area contributed by atoms with Gasteiger partial charge < -0.3 is 4.74 Å². The van der Waals surface area contributed by atoms with Crippen molar-refractivity contribution in [3.63, 3.8) is 0 Å². The molecule has 0 saturated carbocycles. The molecule has 0 aliphatic heterocycles. The Bertz CT molecular complexity index is 781. The third-order valence-corrected chi connectivity index (χ3v) is 3.89. The molecule has 2 N–H and O–H groups in total. The van der Waals surface area contributed by atoms with Crippen molar-refractivity contribution in [1.82, 2.24) is 0 Å². The van der Waals surface area contributed by atoms with Crippen molar-refractivity contribution < 1.29 is 21.9 Å². The summed E-state index contributed by atoms with van der Waals surface area (Å²) in [5.41, 5.74) is 0.447. The van der Waals surface area contributed by atoms with Crippen molar-refractivity contribution in [2.45, 2.75) is 11.5 Å². The van der Waals surface area contributed by atoms with Crippen molar-refractivity contribution in [1.29, 1.82) is 0 Å². The molecule has 0 saturated heterocycles. The molecule has 2 aromatic rings. The molecule has 0 atom stereocenters. The summed E-state index contributed by atoms with van der Waals surface area (Å²) in [4.78, 5) is -0.472. The van der Waals surface area contributed by atoms with E-state index in [1.54, 1.807) is 0 Å². The van der Waals surface area contributed by atoms with Crippen LogP contribution in [0.1, 0.15) is 5.56 Å². The fourth-order valence-electron chi connectivity index (χ4n) is 1.62. The fourth-order valence-corrected chi connectivity index (χ4v) is 2.52. The lowest BCUT2D eigenvalue weighted by Crippen LogP contribution is -2.14. The predicted molar refractivity (Wildman–Crippen MR) is 73.5 cm³/mol. The minimum Gasteiger partial charge on any atom is -0.487 e. The van der Waals surface area contributed by atoms with Gasteiger partial charge in [-0.2, -0.15) is 0 Å². The first kappa shape index (κ1) is 15.7. The normalized spacial score (nSPS) is 11.4. The molecule has 0 aliphatic carbocycles. The van der Waals surface area contributed by atoms with Crippen LogP contribution in [0, 0.1) is 11.6 Å². The molecule has 112 valence electrons. The van der Waals surface area contributed by atoms with E-state index in [-0.39, 0.29) is 17.4 Å². The van der Waals surface area contributed by atoms with E-state index in [9.17, 15) is 17.2 Å². The smallest absolute Gasteiger partial charge is 0.241 e. The van der Waals surface area contributed by atoms with Gasteiger partial charge in [0.2, 0.25) is 10.0 Å². The van der Waals surface area contributed by atoms with Gasteiger partial charge in [0.25, 0.3) is 0 Å². The van der Waals surface area contributed by atoms with E-state index in [0.717, 1.165) is 24.3 Å². The highest BCUT2D eigenvalue weighted by Gasteiger charge is 2.17. The molecule has 2 aromatic carbocycles. The lowest BCUT2D eigenvalue weighted by Gasteiger charge is -2.11. The second-order valence-corrected chi connectivity index (χ2v) is 6.10. The summed E-state index contributed by atoms with van der Waals surface area (Å²) >= 11 is 5.83. The highest BCUT2D eigenvalue weighted by atomic mass is 35.5. The Morgan fingerprint density at radius 3 is 2.33 bits per heavy atom. The number of primary sulfonamides is 1. The summed E-state index contributed by atoms with van der Waals surface area (Å²) in [6, 6.07) is 6.64. The molecule has 21 heavy (non-hydrogen) atoms. The number of hydrogen-bond acceptors (Lipinski definition) is 3. The average Bonchev–Trinajstić information content (AvgIpc) is 2.38. The summed E-state index contributed by atoms with van der Waals surface area (Å²) < 4.78 is 54.1. The van der Waals surface area contributed by atoms with Crippen LogP contribution >= 0.6 is 11.6 Å². The van der Waals surface area contributed by atoms with Gasteiger partial charge in [-0.15, -0.1) is 0 Å². The van der Waals surface area contributed by atoms with E-state index in [2.05, 4.69) is 0 Å². The van der Waals surface area contributed by atoms with Crippen LogP contribution in [-0.4, -0.2) is 8.42 Å². The molecule has 0 heterocycles. The molecular formula is C13H10ClF2NO3S. The van der Waals surface area contributed by atoms with Gasteiger partial charge in [0.05, 0.1) is 5.02 Å². The first-order chi connectivity index (χ1) is 9.77. The van der Waals surface area contributed by atoms with E-state index < -0.39 is 26.6 Å². The summed E-state index contributed by atoms with van der Waals surface area (Å²) in [7, 11) is -4.14. The van der Waals surface area contributed by atoms with Crippen LogP contribution in [0.3, 0.4) is 0 Å². The molecule has 0 bridgehead atoms. The molecule has 4 nitrogen and oxygen atoms in total. The molecular weight excluding hydrogens is 324 g/mol. The highest BCUT2D eigenvalue weighted by Crippen LogP contribution is 2.26. The van der Waals surface area contributed by atoms with Crippen molar-refractivity contribution in [3.05, 3.63) is 58.6 Å². The summed E-state index contributed by atoms with van der Waals surface area (Å²) in [5, 5.41) is 5.13. The monoisotopic (exact) mass is 333 g/mol. The highest BCUT2D eigenvalue weighted by molar-refractivity contribution is 7.89. The Morgan fingerprint density at radius 1 is 1.10 bits per heavy atom. The quantitative estimate of drug-likeness (QED) is 0.935. The standard InChI is InChI=1S/C13H10ClF2NO3S/c14-11-5-9(15)2-1-8(11)7-20-12-4-3-10(16)6-13(12)21(17,18)19/h1-6H,7H2,(H2,17,18,19). The zero-order chi connectivity index (χ0) is 15.6. The summed E-state index contributed by atoms with van der Waals surface area (Å²) in [6.07, 6.45) is 0. The van der Waals surface area contributed by atoms with Crippen LogP contribution in [0.5, 0.6) is 5.75 Å². The predicted octanol–water partition coefficient (Wildman–Crippen LogP) is 2.84. The average molecular weight is 334 g/mol. The van der Waals surface area contributed by atoms with E-state index in [1.807, 2.05) is 0 Å². The third kappa shape index (κ3) is 3.90. The number of halogens is 3. The Kier molecular flexibility index (Phi) is 4.46. The van der Waals surface area contributed by atoms with Gasteiger partial charge in [0.1, 0.15) is 28.9 Å². The second-order valence-electron chi connectivity index (χ2n) is 4.16. The molecule has 0 spiro atoms. The maximum Gasteiger partial charge on any atom is 0.241 e. The summed E-state index contributed by atoms with van der Waals surface area (Å²) in [6.45, 7) is -0.118. The number of hydrogen-bond donors (Lipinski definition) is 1. The lowest BCUT2D eigenvalue weighted by atomic mass is 10.2. The molecule has 0 aromatic heterocycles. The van der Waals surface area contributed by atoms with Crippen molar-refractivity contribution in [2.24, 2.45) is 5.14 Å². The van der Waals surface area contributed by atoms with Crippen LogP contribution in [0.2, 0.25) is 5.02 Å². The van der Waals surface area contributed by atoms with Crippen LogP contribution in [-0.2, 0) is 16.6 Å². The molecule has 0 radical (unpaired) electrons. The van der Waals surface area contributed by atoms with Crippen LogP contribution in [0.4, 0.5) is 8.78 Å². The van der Waals surface area contributed by atoms with E-state index in [4.69, 9.17) is 21.5 Å². The van der Waals surface area contributed by atoms with Gasteiger partial charge in [-0.3, -0.25) is 0 Å². The SMILES string of the molecule is NS(=O)(=O)c1cc(F)ccc1OCc1ccc(F)cc1Cl. The van der Waals surface area contributed by atoms with E-state index >= 15 is 0 Å². The Labute approximate surface area is 125 Å². The Morgan fingerprint density at radius 2 is 1.71 bits per heavy atom. The van der Waals surface area contributed by atoms with Gasteiger partial charge in [-0.05, 0) is 30.3 Å². The minimum absolute atomic E-state index is 0.112. The van der Waals surface area contributed by atoms with Gasteiger partial charge in [0.15, 0.2) is 0 Å². The topological polar surface area (TPSA) is 69.4 Å². The number of benzene rings is 2. The van der Waals surface area contributed by atoms with Crippen LogP contribution < -0.4 is 9.88 Å². The van der Waals surface area contributed by atoms with Crippen LogP contribution in [0.25, 0.3) is 0 Å². The molecule has 0 amide bonds. The largest absolute Gasteiger partial charge is 0.487 e. The number of ether oxygens (including phenoxy) is 1. The molecule has 0 aliphatic rings. The van der Waals surface area contributed by atoms with Crippen molar-refractivity contribution in [2.75, 3.05) is 0 Å². The second kappa shape index (κ2) is 5.97.